The molecule has 0 saturated carbocycles. The second-order valence-electron chi connectivity index (χ2n) is 6.85. The summed E-state index contributed by atoms with van der Waals surface area (Å²) >= 11 is 0. The molecule has 2 N–H and O–H groups in total. The summed E-state index contributed by atoms with van der Waals surface area (Å²) in [7, 11) is 1.54. The molecule has 2 aromatic heterocycles. The molecule has 2 amide bonds. The number of ether oxygens (including phenoxy) is 1. The smallest absolute Gasteiger partial charge is 0.257 e. The van der Waals surface area contributed by atoms with Crippen LogP contribution in [-0.4, -0.2) is 35.4 Å². The third-order valence-corrected chi connectivity index (χ3v) is 4.83. The van der Waals surface area contributed by atoms with Gasteiger partial charge in [0.05, 0.1) is 42.8 Å². The fourth-order valence-corrected chi connectivity index (χ4v) is 3.23. The van der Waals surface area contributed by atoms with E-state index < -0.39 is 0 Å². The lowest BCUT2D eigenvalue weighted by Crippen LogP contribution is -2.40. The number of carbonyl (C=O) groups excluding carboxylic acids is 2. The van der Waals surface area contributed by atoms with Gasteiger partial charge in [-0.15, -0.1) is 0 Å². The minimum atomic E-state index is -0.335. The Morgan fingerprint density at radius 1 is 1.23 bits per heavy atom. The molecule has 1 aliphatic rings. The summed E-state index contributed by atoms with van der Waals surface area (Å²) in [5.41, 5.74) is 3.13. The highest BCUT2D eigenvalue weighted by Crippen LogP contribution is 2.30. The molecule has 4 rings (SSSR count). The molecule has 152 valence electrons. The van der Waals surface area contributed by atoms with E-state index in [0.717, 1.165) is 5.56 Å². The number of amides is 2. The SMILES string of the molecule is COc1ccc(NC(=O)c2cnc3c(c2)N(Cc2ccccc2)C(=O)CN3)c(C)n1. The van der Waals surface area contributed by atoms with E-state index in [1.54, 1.807) is 30.0 Å². The predicted molar refractivity (Wildman–Crippen MR) is 114 cm³/mol. The van der Waals surface area contributed by atoms with Gasteiger partial charge in [0.2, 0.25) is 11.8 Å². The number of carbonyl (C=O) groups is 2. The average molecular weight is 403 g/mol. The van der Waals surface area contributed by atoms with E-state index in [0.29, 0.717) is 40.9 Å². The minimum absolute atomic E-state index is 0.0825. The zero-order valence-electron chi connectivity index (χ0n) is 16.7. The third-order valence-electron chi connectivity index (χ3n) is 4.83. The van der Waals surface area contributed by atoms with Gasteiger partial charge in [0.1, 0.15) is 0 Å². The second-order valence-corrected chi connectivity index (χ2v) is 6.85. The predicted octanol–water partition coefficient (Wildman–Crippen LogP) is 3.00. The molecule has 8 heteroatoms. The number of rotatable bonds is 5. The van der Waals surface area contributed by atoms with Gasteiger partial charge in [-0.2, -0.15) is 0 Å². The first kappa shape index (κ1) is 19.4. The first-order valence-corrected chi connectivity index (χ1v) is 9.46. The van der Waals surface area contributed by atoms with E-state index in [4.69, 9.17) is 4.74 Å². The van der Waals surface area contributed by atoms with E-state index in [1.165, 1.54) is 13.3 Å². The van der Waals surface area contributed by atoms with E-state index >= 15 is 0 Å². The van der Waals surface area contributed by atoms with Gasteiger partial charge < -0.3 is 20.3 Å². The number of pyridine rings is 2. The Labute approximate surface area is 173 Å². The van der Waals surface area contributed by atoms with Crippen LogP contribution in [0.2, 0.25) is 0 Å². The number of hydrogen-bond donors (Lipinski definition) is 2. The zero-order chi connectivity index (χ0) is 21.1. The Balaban J connectivity index is 1.60. The highest BCUT2D eigenvalue weighted by molar-refractivity contribution is 6.07. The Bertz CT molecular complexity index is 1100. The van der Waals surface area contributed by atoms with Crippen LogP contribution in [0.1, 0.15) is 21.6 Å². The van der Waals surface area contributed by atoms with E-state index in [2.05, 4.69) is 20.6 Å². The zero-order valence-corrected chi connectivity index (χ0v) is 16.7. The fourth-order valence-electron chi connectivity index (χ4n) is 3.23. The van der Waals surface area contributed by atoms with Gasteiger partial charge in [0.15, 0.2) is 5.82 Å². The van der Waals surface area contributed by atoms with Crippen molar-refractivity contribution in [1.82, 2.24) is 9.97 Å². The maximum atomic E-state index is 12.8. The quantitative estimate of drug-likeness (QED) is 0.680. The second kappa shape index (κ2) is 8.20. The molecule has 0 saturated heterocycles. The molecule has 1 aliphatic heterocycles. The number of methoxy groups -OCH3 is 1. The average Bonchev–Trinajstić information content (AvgIpc) is 2.77. The Morgan fingerprint density at radius 3 is 2.77 bits per heavy atom. The van der Waals surface area contributed by atoms with Crippen LogP contribution in [0.15, 0.2) is 54.7 Å². The molecular weight excluding hydrogens is 382 g/mol. The van der Waals surface area contributed by atoms with E-state index in [9.17, 15) is 9.59 Å². The number of nitrogens with zero attached hydrogens (tertiary/aromatic N) is 3. The largest absolute Gasteiger partial charge is 0.481 e. The molecule has 0 radical (unpaired) electrons. The molecular formula is C22H21N5O3. The van der Waals surface area contributed by atoms with Crippen LogP contribution in [0.4, 0.5) is 17.2 Å². The van der Waals surface area contributed by atoms with Crippen LogP contribution in [0.5, 0.6) is 5.88 Å². The van der Waals surface area contributed by atoms with Crippen LogP contribution in [0.3, 0.4) is 0 Å². The number of hydrogen-bond acceptors (Lipinski definition) is 6. The van der Waals surface area contributed by atoms with Crippen molar-refractivity contribution in [2.75, 3.05) is 29.2 Å². The minimum Gasteiger partial charge on any atom is -0.481 e. The van der Waals surface area contributed by atoms with Crippen molar-refractivity contribution in [3.8, 4) is 5.88 Å². The van der Waals surface area contributed by atoms with Gasteiger partial charge in [-0.3, -0.25) is 9.59 Å². The number of aromatic nitrogens is 2. The Kier molecular flexibility index (Phi) is 5.30. The monoisotopic (exact) mass is 403 g/mol. The number of anilines is 3. The maximum absolute atomic E-state index is 12.8. The van der Waals surface area contributed by atoms with E-state index in [-0.39, 0.29) is 18.4 Å². The summed E-state index contributed by atoms with van der Waals surface area (Å²) in [4.78, 5) is 35.6. The molecule has 0 spiro atoms. The first-order valence-electron chi connectivity index (χ1n) is 9.46. The van der Waals surface area contributed by atoms with Gasteiger partial charge in [-0.05, 0) is 24.6 Å². The van der Waals surface area contributed by atoms with Crippen molar-refractivity contribution in [2.45, 2.75) is 13.5 Å². The summed E-state index contributed by atoms with van der Waals surface area (Å²) in [6.07, 6.45) is 1.49. The molecule has 0 bridgehead atoms. The lowest BCUT2D eigenvalue weighted by atomic mass is 10.1. The number of aryl methyl sites for hydroxylation is 1. The standard InChI is InChI=1S/C22H21N5O3/c1-14-17(8-9-19(25-14)30-2)26-22(29)16-10-18-21(23-11-16)24-12-20(28)27(18)13-15-6-4-3-5-7-15/h3-11H,12-13H2,1-2H3,(H,23,24)(H,26,29). The van der Waals surface area contributed by atoms with Crippen LogP contribution >= 0.6 is 0 Å². The van der Waals surface area contributed by atoms with Crippen LogP contribution < -0.4 is 20.3 Å². The fraction of sp³-hybridized carbons (Fsp3) is 0.182. The highest BCUT2D eigenvalue weighted by Gasteiger charge is 2.26. The summed E-state index contributed by atoms with van der Waals surface area (Å²) in [6, 6.07) is 14.8. The third kappa shape index (κ3) is 3.93. The normalized spacial score (nSPS) is 12.7. The highest BCUT2D eigenvalue weighted by atomic mass is 16.5. The van der Waals surface area contributed by atoms with Gasteiger partial charge in [0, 0.05) is 12.3 Å². The molecule has 0 aliphatic carbocycles. The van der Waals surface area contributed by atoms with Gasteiger partial charge >= 0.3 is 0 Å². The lowest BCUT2D eigenvalue weighted by Gasteiger charge is -2.29. The topological polar surface area (TPSA) is 96.5 Å². The molecule has 3 aromatic rings. The molecule has 3 heterocycles. The summed E-state index contributed by atoms with van der Waals surface area (Å²) in [5, 5.41) is 5.85. The molecule has 30 heavy (non-hydrogen) atoms. The molecule has 0 atom stereocenters. The first-order chi connectivity index (χ1) is 14.5. The maximum Gasteiger partial charge on any atom is 0.257 e. The summed E-state index contributed by atoms with van der Waals surface area (Å²) < 4.78 is 5.09. The van der Waals surface area contributed by atoms with Crippen molar-refractivity contribution in [1.29, 1.82) is 0 Å². The number of nitrogens with one attached hydrogen (secondary N) is 2. The van der Waals surface area contributed by atoms with Crippen molar-refractivity contribution < 1.29 is 14.3 Å². The summed E-state index contributed by atoms with van der Waals surface area (Å²) in [5.74, 6) is 0.630. The van der Waals surface area contributed by atoms with Crippen LogP contribution in [0, 0.1) is 6.92 Å². The number of benzene rings is 1. The summed E-state index contributed by atoms with van der Waals surface area (Å²) in [6.45, 7) is 2.35. The van der Waals surface area contributed by atoms with Crippen molar-refractivity contribution >= 4 is 29.0 Å². The molecule has 0 fully saturated rings. The molecule has 8 nitrogen and oxygen atoms in total. The van der Waals surface area contributed by atoms with Crippen molar-refractivity contribution in [3.05, 3.63) is 71.5 Å². The Morgan fingerprint density at radius 2 is 2.03 bits per heavy atom. The van der Waals surface area contributed by atoms with Gasteiger partial charge in [0.25, 0.3) is 5.91 Å². The van der Waals surface area contributed by atoms with Gasteiger partial charge in [-0.25, -0.2) is 9.97 Å². The van der Waals surface area contributed by atoms with Gasteiger partial charge in [-0.1, -0.05) is 30.3 Å². The Hall–Kier alpha value is -3.94. The van der Waals surface area contributed by atoms with Crippen molar-refractivity contribution in [3.63, 3.8) is 0 Å². The lowest BCUT2D eigenvalue weighted by molar-refractivity contribution is -0.117. The van der Waals surface area contributed by atoms with E-state index in [1.807, 2.05) is 30.3 Å². The number of fused-ring (bicyclic) bond motifs is 1. The van der Waals surface area contributed by atoms with Crippen LogP contribution in [0.25, 0.3) is 0 Å². The molecule has 0 unspecified atom stereocenters. The van der Waals surface area contributed by atoms with Crippen LogP contribution in [-0.2, 0) is 11.3 Å². The van der Waals surface area contributed by atoms with Crippen molar-refractivity contribution in [2.24, 2.45) is 0 Å². The molecule has 1 aromatic carbocycles.